The molecule has 0 aliphatic carbocycles. The number of halogens is 2. The Morgan fingerprint density at radius 2 is 2.19 bits per heavy atom. The van der Waals surface area contributed by atoms with E-state index in [2.05, 4.69) is 23.9 Å². The Hall–Kier alpha value is -1.04. The first kappa shape index (κ1) is 16.3. The van der Waals surface area contributed by atoms with Gasteiger partial charge < -0.3 is 15.5 Å². The molecule has 0 amide bonds. The van der Waals surface area contributed by atoms with E-state index in [1.165, 1.54) is 18.9 Å². The third kappa shape index (κ3) is 4.22. The molecule has 0 spiro atoms. The lowest BCUT2D eigenvalue weighted by Crippen LogP contribution is -2.37. The molecular weight excluding hydrogens is 272 g/mol. The summed E-state index contributed by atoms with van der Waals surface area (Å²) in [5, 5.41) is 0. The summed E-state index contributed by atoms with van der Waals surface area (Å²) in [6.07, 6.45) is 3.10. The molecule has 0 aromatic heterocycles. The molecule has 1 heterocycles. The lowest BCUT2D eigenvalue weighted by molar-refractivity contribution is 0.215. The van der Waals surface area contributed by atoms with Gasteiger partial charge in [-0.1, -0.05) is 12.1 Å². The fraction of sp³-hybridized carbons (Fsp3) is 0.625. The molecule has 0 radical (unpaired) electrons. The summed E-state index contributed by atoms with van der Waals surface area (Å²) in [5.41, 5.74) is 6.27. The molecule has 1 saturated heterocycles. The minimum Gasteiger partial charge on any atom is -0.324 e. The average Bonchev–Trinajstić information content (AvgIpc) is 2.84. The maximum Gasteiger partial charge on any atom is 0.163 e. The van der Waals surface area contributed by atoms with Gasteiger partial charge in [-0.05, 0) is 52.5 Å². The van der Waals surface area contributed by atoms with Crippen LogP contribution in [-0.2, 0) is 0 Å². The van der Waals surface area contributed by atoms with Gasteiger partial charge in [0.25, 0.3) is 0 Å². The van der Waals surface area contributed by atoms with Gasteiger partial charge in [0.15, 0.2) is 11.6 Å². The van der Waals surface area contributed by atoms with E-state index < -0.39 is 17.7 Å². The standard InChI is InChI=1S/C16H25F2N3/c1-20(11-12-5-4-9-21(12)2)10-8-15(19)13-6-3-7-14(17)16(13)18/h3,6-7,12,15H,4-5,8-11,19H2,1-2H3. The monoisotopic (exact) mass is 297 g/mol. The van der Waals surface area contributed by atoms with Crippen molar-refractivity contribution in [3.8, 4) is 0 Å². The van der Waals surface area contributed by atoms with Gasteiger partial charge in [0.2, 0.25) is 0 Å². The molecule has 5 heteroatoms. The van der Waals surface area contributed by atoms with Crippen molar-refractivity contribution >= 4 is 0 Å². The van der Waals surface area contributed by atoms with Crippen molar-refractivity contribution in [2.24, 2.45) is 5.73 Å². The zero-order valence-electron chi connectivity index (χ0n) is 12.9. The Morgan fingerprint density at radius 1 is 1.43 bits per heavy atom. The van der Waals surface area contributed by atoms with Crippen LogP contribution in [0.15, 0.2) is 18.2 Å². The molecule has 2 unspecified atom stereocenters. The maximum absolute atomic E-state index is 13.7. The minimum absolute atomic E-state index is 0.265. The van der Waals surface area contributed by atoms with Gasteiger partial charge in [0.1, 0.15) is 0 Å². The SMILES string of the molecule is CN(CCC(N)c1cccc(F)c1F)CC1CCCN1C. The van der Waals surface area contributed by atoms with Crippen LogP contribution in [0.25, 0.3) is 0 Å². The van der Waals surface area contributed by atoms with Crippen LogP contribution in [0.4, 0.5) is 8.78 Å². The molecular formula is C16H25F2N3. The van der Waals surface area contributed by atoms with E-state index in [0.717, 1.165) is 25.7 Å². The molecule has 3 nitrogen and oxygen atoms in total. The number of hydrogen-bond donors (Lipinski definition) is 1. The molecule has 1 aliphatic heterocycles. The Morgan fingerprint density at radius 3 is 2.86 bits per heavy atom. The first-order valence-electron chi connectivity index (χ1n) is 7.57. The normalized spacial score (nSPS) is 21.1. The van der Waals surface area contributed by atoms with Crippen molar-refractivity contribution in [2.75, 3.05) is 33.7 Å². The number of benzene rings is 1. The number of rotatable bonds is 6. The quantitative estimate of drug-likeness (QED) is 0.875. The summed E-state index contributed by atoms with van der Waals surface area (Å²) < 4.78 is 26.9. The molecule has 1 aliphatic rings. The van der Waals surface area contributed by atoms with E-state index in [1.54, 1.807) is 6.07 Å². The highest BCUT2D eigenvalue weighted by Crippen LogP contribution is 2.21. The van der Waals surface area contributed by atoms with Gasteiger partial charge >= 0.3 is 0 Å². The Kier molecular flexibility index (Phi) is 5.67. The van der Waals surface area contributed by atoms with Crippen molar-refractivity contribution in [3.05, 3.63) is 35.4 Å². The van der Waals surface area contributed by atoms with Crippen LogP contribution >= 0.6 is 0 Å². The van der Waals surface area contributed by atoms with Gasteiger partial charge in [-0.15, -0.1) is 0 Å². The van der Waals surface area contributed by atoms with Crippen LogP contribution < -0.4 is 5.73 Å². The molecule has 1 fully saturated rings. The van der Waals surface area contributed by atoms with Crippen LogP contribution in [0.5, 0.6) is 0 Å². The van der Waals surface area contributed by atoms with Crippen molar-refractivity contribution in [1.82, 2.24) is 9.80 Å². The van der Waals surface area contributed by atoms with Gasteiger partial charge in [-0.2, -0.15) is 0 Å². The number of likely N-dealkylation sites (tertiary alicyclic amines) is 1. The largest absolute Gasteiger partial charge is 0.324 e. The van der Waals surface area contributed by atoms with E-state index >= 15 is 0 Å². The lowest BCUT2D eigenvalue weighted by atomic mass is 10.0. The lowest BCUT2D eigenvalue weighted by Gasteiger charge is -2.26. The smallest absolute Gasteiger partial charge is 0.163 e. The van der Waals surface area contributed by atoms with E-state index in [1.807, 2.05) is 0 Å². The number of likely N-dealkylation sites (N-methyl/N-ethyl adjacent to an activating group) is 2. The molecule has 2 atom stereocenters. The predicted octanol–water partition coefficient (Wildman–Crippen LogP) is 2.38. The topological polar surface area (TPSA) is 32.5 Å². The van der Waals surface area contributed by atoms with Gasteiger partial charge in [0, 0.05) is 24.2 Å². The Bertz CT molecular complexity index is 467. The van der Waals surface area contributed by atoms with Gasteiger partial charge in [-0.3, -0.25) is 0 Å². The third-order valence-electron chi connectivity index (χ3n) is 4.40. The van der Waals surface area contributed by atoms with Crippen LogP contribution in [-0.4, -0.2) is 49.6 Å². The molecule has 0 saturated carbocycles. The summed E-state index contributed by atoms with van der Waals surface area (Å²) >= 11 is 0. The zero-order chi connectivity index (χ0) is 15.4. The van der Waals surface area contributed by atoms with Crippen LogP contribution in [0.2, 0.25) is 0 Å². The molecule has 21 heavy (non-hydrogen) atoms. The zero-order valence-corrected chi connectivity index (χ0v) is 12.9. The van der Waals surface area contributed by atoms with E-state index in [9.17, 15) is 8.78 Å². The predicted molar refractivity (Wildman–Crippen MR) is 81.1 cm³/mol. The fourth-order valence-corrected chi connectivity index (χ4v) is 2.98. The molecule has 118 valence electrons. The van der Waals surface area contributed by atoms with Crippen LogP contribution in [0.1, 0.15) is 30.9 Å². The minimum atomic E-state index is -0.830. The Balaban J connectivity index is 1.83. The summed E-state index contributed by atoms with van der Waals surface area (Å²) in [7, 11) is 4.21. The Labute approximate surface area is 125 Å². The summed E-state index contributed by atoms with van der Waals surface area (Å²) in [5.74, 6) is -1.65. The first-order valence-corrected chi connectivity index (χ1v) is 7.57. The summed E-state index contributed by atoms with van der Waals surface area (Å²) in [4.78, 5) is 4.60. The highest BCUT2D eigenvalue weighted by Gasteiger charge is 2.22. The van der Waals surface area contributed by atoms with Crippen molar-refractivity contribution < 1.29 is 8.78 Å². The van der Waals surface area contributed by atoms with Crippen LogP contribution in [0.3, 0.4) is 0 Å². The number of nitrogens with two attached hydrogens (primary N) is 1. The molecule has 0 bridgehead atoms. The fourth-order valence-electron chi connectivity index (χ4n) is 2.98. The van der Waals surface area contributed by atoms with E-state index in [-0.39, 0.29) is 5.56 Å². The highest BCUT2D eigenvalue weighted by atomic mass is 19.2. The van der Waals surface area contributed by atoms with E-state index in [4.69, 9.17) is 5.73 Å². The highest BCUT2D eigenvalue weighted by molar-refractivity contribution is 5.22. The maximum atomic E-state index is 13.7. The molecule has 2 rings (SSSR count). The van der Waals surface area contributed by atoms with Gasteiger partial charge in [0.05, 0.1) is 0 Å². The second kappa shape index (κ2) is 7.29. The molecule has 1 aromatic carbocycles. The van der Waals surface area contributed by atoms with Crippen molar-refractivity contribution in [3.63, 3.8) is 0 Å². The second-order valence-electron chi connectivity index (χ2n) is 6.08. The van der Waals surface area contributed by atoms with Crippen molar-refractivity contribution in [2.45, 2.75) is 31.3 Å². The summed E-state index contributed by atoms with van der Waals surface area (Å²) in [6.45, 7) is 2.93. The van der Waals surface area contributed by atoms with Crippen LogP contribution in [0, 0.1) is 11.6 Å². The number of nitrogens with zero attached hydrogens (tertiary/aromatic N) is 2. The average molecular weight is 297 g/mol. The van der Waals surface area contributed by atoms with Gasteiger partial charge in [-0.25, -0.2) is 8.78 Å². The molecule has 2 N–H and O–H groups in total. The van der Waals surface area contributed by atoms with E-state index in [0.29, 0.717) is 12.5 Å². The second-order valence-corrected chi connectivity index (χ2v) is 6.08. The molecule has 1 aromatic rings. The number of hydrogen-bond acceptors (Lipinski definition) is 3. The first-order chi connectivity index (χ1) is 9.99. The third-order valence-corrected chi connectivity index (χ3v) is 4.40. The van der Waals surface area contributed by atoms with Crippen molar-refractivity contribution in [1.29, 1.82) is 0 Å². The summed E-state index contributed by atoms with van der Waals surface area (Å²) in [6, 6.07) is 4.31.